The highest BCUT2D eigenvalue weighted by atomic mass is 16.5. The summed E-state index contributed by atoms with van der Waals surface area (Å²) < 4.78 is 5.70. The van der Waals surface area contributed by atoms with Crippen molar-refractivity contribution < 1.29 is 9.53 Å². The molecular weight excluding hydrogens is 278 g/mol. The second-order valence-corrected chi connectivity index (χ2v) is 4.82. The molecule has 2 N–H and O–H groups in total. The number of rotatable bonds is 4. The van der Waals surface area contributed by atoms with E-state index in [2.05, 4.69) is 15.5 Å². The topological polar surface area (TPSA) is 67.0 Å². The quantitative estimate of drug-likeness (QED) is 0.769. The summed E-state index contributed by atoms with van der Waals surface area (Å²) in [7, 11) is 0. The summed E-state index contributed by atoms with van der Waals surface area (Å²) in [6.07, 6.45) is 1.62. The van der Waals surface area contributed by atoms with E-state index in [1.54, 1.807) is 18.3 Å². The van der Waals surface area contributed by atoms with Crippen molar-refractivity contribution in [2.45, 2.75) is 6.92 Å². The van der Waals surface area contributed by atoms with Gasteiger partial charge < -0.3 is 10.1 Å². The molecule has 5 heteroatoms. The van der Waals surface area contributed by atoms with Crippen molar-refractivity contribution in [3.8, 4) is 11.5 Å². The van der Waals surface area contributed by atoms with Gasteiger partial charge in [0.1, 0.15) is 17.2 Å². The van der Waals surface area contributed by atoms with Gasteiger partial charge in [-0.15, -0.1) is 0 Å². The first kappa shape index (κ1) is 13.9. The first-order chi connectivity index (χ1) is 10.7. The highest BCUT2D eigenvalue weighted by Gasteiger charge is 2.10. The molecule has 0 aliphatic rings. The van der Waals surface area contributed by atoms with Gasteiger partial charge in [0, 0.05) is 5.69 Å². The molecule has 3 aromatic rings. The van der Waals surface area contributed by atoms with E-state index in [1.165, 1.54) is 0 Å². The number of aromatic nitrogens is 2. The zero-order valence-electron chi connectivity index (χ0n) is 12.0. The minimum absolute atomic E-state index is 0.216. The molecule has 0 radical (unpaired) electrons. The second kappa shape index (κ2) is 6.13. The molecule has 0 saturated heterocycles. The van der Waals surface area contributed by atoms with E-state index in [1.807, 2.05) is 49.4 Å². The number of amides is 1. The molecule has 0 spiro atoms. The van der Waals surface area contributed by atoms with Crippen LogP contribution in [-0.4, -0.2) is 16.1 Å². The van der Waals surface area contributed by atoms with Crippen LogP contribution in [0.1, 0.15) is 16.1 Å². The number of nitrogens with zero attached hydrogens (tertiary/aromatic N) is 1. The van der Waals surface area contributed by atoms with Crippen LogP contribution in [0.2, 0.25) is 0 Å². The Kier molecular flexibility index (Phi) is 3.87. The maximum Gasteiger partial charge on any atom is 0.273 e. The Morgan fingerprint density at radius 3 is 2.36 bits per heavy atom. The van der Waals surface area contributed by atoms with E-state index in [0.29, 0.717) is 17.1 Å². The number of carbonyl (C=O) groups excluding carboxylic acids is 1. The zero-order valence-corrected chi connectivity index (χ0v) is 12.0. The third-order valence-corrected chi connectivity index (χ3v) is 3.15. The third kappa shape index (κ3) is 3.15. The summed E-state index contributed by atoms with van der Waals surface area (Å²) in [5.74, 6) is 1.26. The van der Waals surface area contributed by atoms with Gasteiger partial charge in [0.15, 0.2) is 0 Å². The number of H-pyrrole nitrogens is 1. The zero-order chi connectivity index (χ0) is 15.4. The van der Waals surface area contributed by atoms with Crippen LogP contribution >= 0.6 is 0 Å². The Bertz CT molecular complexity index is 764. The van der Waals surface area contributed by atoms with Crippen molar-refractivity contribution >= 4 is 11.6 Å². The molecule has 0 atom stereocenters. The molecule has 0 unspecified atom stereocenters. The van der Waals surface area contributed by atoms with E-state index in [4.69, 9.17) is 4.74 Å². The molecule has 110 valence electrons. The summed E-state index contributed by atoms with van der Waals surface area (Å²) in [5.41, 5.74) is 1.96. The van der Waals surface area contributed by atoms with Crippen LogP contribution in [-0.2, 0) is 0 Å². The van der Waals surface area contributed by atoms with E-state index < -0.39 is 0 Å². The van der Waals surface area contributed by atoms with Gasteiger partial charge >= 0.3 is 0 Å². The molecule has 1 amide bonds. The Hall–Kier alpha value is -3.08. The number of hydrogen-bond donors (Lipinski definition) is 2. The number of benzene rings is 2. The van der Waals surface area contributed by atoms with E-state index in [0.717, 1.165) is 11.3 Å². The number of ether oxygens (including phenoxy) is 1. The molecule has 3 rings (SSSR count). The molecule has 2 aromatic carbocycles. The summed E-state index contributed by atoms with van der Waals surface area (Å²) in [6, 6.07) is 16.7. The second-order valence-electron chi connectivity index (χ2n) is 4.82. The average Bonchev–Trinajstić information content (AvgIpc) is 2.96. The number of aryl methyl sites for hydroxylation is 1. The van der Waals surface area contributed by atoms with Gasteiger partial charge in [0.2, 0.25) is 0 Å². The van der Waals surface area contributed by atoms with Crippen LogP contribution in [0.25, 0.3) is 0 Å². The summed E-state index contributed by atoms with van der Waals surface area (Å²) in [4.78, 5) is 12.1. The Labute approximate surface area is 127 Å². The molecule has 1 aromatic heterocycles. The predicted molar refractivity (Wildman–Crippen MR) is 84.2 cm³/mol. The van der Waals surface area contributed by atoms with Gasteiger partial charge in [-0.1, -0.05) is 18.2 Å². The highest BCUT2D eigenvalue weighted by molar-refractivity contribution is 6.03. The molecule has 0 bridgehead atoms. The van der Waals surface area contributed by atoms with Crippen LogP contribution < -0.4 is 10.1 Å². The highest BCUT2D eigenvalue weighted by Crippen LogP contribution is 2.22. The lowest BCUT2D eigenvalue weighted by Gasteiger charge is -2.07. The van der Waals surface area contributed by atoms with Gasteiger partial charge in [0.05, 0.1) is 6.20 Å². The van der Waals surface area contributed by atoms with Crippen molar-refractivity contribution in [1.29, 1.82) is 0 Å². The molecule has 0 aliphatic heterocycles. The van der Waals surface area contributed by atoms with Crippen molar-refractivity contribution in [2.24, 2.45) is 0 Å². The van der Waals surface area contributed by atoms with Crippen molar-refractivity contribution in [1.82, 2.24) is 10.2 Å². The SMILES string of the molecule is Cc1cn[nH]c1C(=O)Nc1ccc(Oc2ccccc2)cc1. The molecule has 0 saturated carbocycles. The molecule has 0 aliphatic carbocycles. The lowest BCUT2D eigenvalue weighted by atomic mass is 10.2. The molecule has 1 heterocycles. The van der Waals surface area contributed by atoms with Gasteiger partial charge in [-0.25, -0.2) is 0 Å². The molecule has 22 heavy (non-hydrogen) atoms. The lowest BCUT2D eigenvalue weighted by Crippen LogP contribution is -2.13. The molecule has 0 fully saturated rings. The largest absolute Gasteiger partial charge is 0.457 e. The summed E-state index contributed by atoms with van der Waals surface area (Å²) in [6.45, 7) is 1.83. The summed E-state index contributed by atoms with van der Waals surface area (Å²) in [5, 5.41) is 9.33. The smallest absolute Gasteiger partial charge is 0.273 e. The van der Waals surface area contributed by atoms with Crippen molar-refractivity contribution in [3.63, 3.8) is 0 Å². The van der Waals surface area contributed by atoms with Gasteiger partial charge in [-0.3, -0.25) is 9.89 Å². The molecule has 5 nitrogen and oxygen atoms in total. The number of para-hydroxylation sites is 1. The molecular formula is C17H15N3O2. The van der Waals surface area contributed by atoms with Crippen LogP contribution in [0.4, 0.5) is 5.69 Å². The van der Waals surface area contributed by atoms with Crippen molar-refractivity contribution in [2.75, 3.05) is 5.32 Å². The Morgan fingerprint density at radius 2 is 1.73 bits per heavy atom. The van der Waals surface area contributed by atoms with Crippen molar-refractivity contribution in [3.05, 3.63) is 72.1 Å². The van der Waals surface area contributed by atoms with E-state index in [9.17, 15) is 4.79 Å². The fourth-order valence-corrected chi connectivity index (χ4v) is 2.00. The first-order valence-corrected chi connectivity index (χ1v) is 6.86. The van der Waals surface area contributed by atoms with E-state index in [-0.39, 0.29) is 5.91 Å². The van der Waals surface area contributed by atoms with Crippen LogP contribution in [0, 0.1) is 6.92 Å². The number of aromatic amines is 1. The summed E-state index contributed by atoms with van der Waals surface area (Å²) >= 11 is 0. The van der Waals surface area contributed by atoms with Gasteiger partial charge in [-0.2, -0.15) is 5.10 Å². The minimum Gasteiger partial charge on any atom is -0.457 e. The van der Waals surface area contributed by atoms with Gasteiger partial charge in [-0.05, 0) is 48.9 Å². The third-order valence-electron chi connectivity index (χ3n) is 3.15. The van der Waals surface area contributed by atoms with Gasteiger partial charge in [0.25, 0.3) is 5.91 Å². The number of nitrogens with one attached hydrogen (secondary N) is 2. The Balaban J connectivity index is 1.67. The number of anilines is 1. The Morgan fingerprint density at radius 1 is 1.05 bits per heavy atom. The fourth-order valence-electron chi connectivity index (χ4n) is 2.00. The standard InChI is InChI=1S/C17H15N3O2/c1-12-11-18-20-16(12)17(21)19-13-7-9-15(10-8-13)22-14-5-3-2-4-6-14/h2-11H,1H3,(H,18,20)(H,19,21). The monoisotopic (exact) mass is 293 g/mol. The van der Waals surface area contributed by atoms with Crippen LogP contribution in [0.15, 0.2) is 60.8 Å². The maximum atomic E-state index is 12.1. The number of carbonyl (C=O) groups is 1. The fraction of sp³-hybridized carbons (Fsp3) is 0.0588. The average molecular weight is 293 g/mol. The first-order valence-electron chi connectivity index (χ1n) is 6.86. The lowest BCUT2D eigenvalue weighted by molar-refractivity contribution is 0.102. The van der Waals surface area contributed by atoms with E-state index >= 15 is 0 Å². The predicted octanol–water partition coefficient (Wildman–Crippen LogP) is 3.76. The normalized spacial score (nSPS) is 10.2. The number of hydrogen-bond acceptors (Lipinski definition) is 3. The van der Waals surface area contributed by atoms with Crippen LogP contribution in [0.3, 0.4) is 0 Å². The van der Waals surface area contributed by atoms with Crippen LogP contribution in [0.5, 0.6) is 11.5 Å². The minimum atomic E-state index is -0.216. The maximum absolute atomic E-state index is 12.1.